The molecule has 4 rings (SSSR count). The van der Waals surface area contributed by atoms with E-state index in [1.54, 1.807) is 0 Å². The van der Waals surface area contributed by atoms with E-state index in [1.807, 2.05) is 23.9 Å². The van der Waals surface area contributed by atoms with Gasteiger partial charge in [-0.15, -0.1) is 0 Å². The van der Waals surface area contributed by atoms with Crippen molar-refractivity contribution < 1.29 is 0 Å². The zero-order valence-electron chi connectivity index (χ0n) is 12.2. The molecule has 1 nitrogen and oxygen atoms in total. The van der Waals surface area contributed by atoms with Gasteiger partial charge < -0.3 is 0 Å². The first kappa shape index (κ1) is 14.1. The number of fused-ring (bicyclic) bond motifs is 2. The van der Waals surface area contributed by atoms with Crippen LogP contribution in [0.2, 0.25) is 5.02 Å². The maximum absolute atomic E-state index is 6.24. The van der Waals surface area contributed by atoms with Gasteiger partial charge in [0.2, 0.25) is 0 Å². The number of halogens is 1. The molecule has 0 fully saturated rings. The second-order valence-electron chi connectivity index (χ2n) is 5.65. The lowest BCUT2D eigenvalue weighted by Crippen LogP contribution is -2.07. The van der Waals surface area contributed by atoms with E-state index in [4.69, 9.17) is 16.6 Å². The molecule has 1 aromatic heterocycles. The van der Waals surface area contributed by atoms with Crippen molar-refractivity contribution >= 4 is 34.3 Å². The molecule has 0 aliphatic heterocycles. The van der Waals surface area contributed by atoms with E-state index in [-0.39, 0.29) is 0 Å². The summed E-state index contributed by atoms with van der Waals surface area (Å²) < 4.78 is 0. The van der Waals surface area contributed by atoms with Crippen LogP contribution in [0.4, 0.5) is 0 Å². The van der Waals surface area contributed by atoms with Crippen molar-refractivity contribution in [1.82, 2.24) is 4.98 Å². The van der Waals surface area contributed by atoms with Gasteiger partial charge in [0.1, 0.15) is 0 Å². The first-order valence-electron chi connectivity index (χ1n) is 7.65. The minimum absolute atomic E-state index is 0.778. The molecule has 22 heavy (non-hydrogen) atoms. The highest BCUT2D eigenvalue weighted by molar-refractivity contribution is 7.99. The second-order valence-corrected chi connectivity index (χ2v) is 7.17. The van der Waals surface area contributed by atoms with Crippen LogP contribution in [0.1, 0.15) is 24.1 Å². The van der Waals surface area contributed by atoms with Crippen LogP contribution < -0.4 is 0 Å². The molecule has 0 radical (unpaired) electrons. The largest absolute Gasteiger partial charge is 0.252 e. The highest BCUT2D eigenvalue weighted by Gasteiger charge is 2.19. The van der Waals surface area contributed by atoms with E-state index < -0.39 is 0 Å². The molecular formula is C19H16ClNS. The molecule has 1 aliphatic rings. The lowest BCUT2D eigenvalue weighted by atomic mass is 9.94. The Morgan fingerprint density at radius 3 is 2.64 bits per heavy atom. The molecule has 0 N–H and O–H groups in total. The number of benzene rings is 2. The van der Waals surface area contributed by atoms with Crippen LogP contribution in [0.25, 0.3) is 10.9 Å². The SMILES string of the molecule is Clc1ccc2nc3c(c(Sc4ccccc4)c2c1)CCCC3. The smallest absolute Gasteiger partial charge is 0.0717 e. The number of aromatic nitrogens is 1. The second kappa shape index (κ2) is 5.94. The maximum atomic E-state index is 6.24. The summed E-state index contributed by atoms with van der Waals surface area (Å²) in [4.78, 5) is 7.49. The summed E-state index contributed by atoms with van der Waals surface area (Å²) >= 11 is 8.08. The third kappa shape index (κ3) is 2.62. The van der Waals surface area contributed by atoms with Crippen molar-refractivity contribution in [3.05, 3.63) is 64.8 Å². The Labute approximate surface area is 139 Å². The number of aryl methyl sites for hydroxylation is 1. The van der Waals surface area contributed by atoms with E-state index >= 15 is 0 Å². The van der Waals surface area contributed by atoms with Gasteiger partial charge in [0, 0.05) is 25.9 Å². The molecule has 3 heteroatoms. The van der Waals surface area contributed by atoms with E-state index in [0.29, 0.717) is 0 Å². The summed E-state index contributed by atoms with van der Waals surface area (Å²) in [5.41, 5.74) is 3.76. The van der Waals surface area contributed by atoms with Crippen molar-refractivity contribution in [3.63, 3.8) is 0 Å². The topological polar surface area (TPSA) is 12.9 Å². The highest BCUT2D eigenvalue weighted by atomic mass is 35.5. The van der Waals surface area contributed by atoms with Gasteiger partial charge in [0.25, 0.3) is 0 Å². The maximum Gasteiger partial charge on any atom is 0.0717 e. The molecule has 3 aromatic rings. The van der Waals surface area contributed by atoms with Crippen LogP contribution in [0.15, 0.2) is 58.3 Å². The normalized spacial score (nSPS) is 14.0. The van der Waals surface area contributed by atoms with Gasteiger partial charge in [0.15, 0.2) is 0 Å². The van der Waals surface area contributed by atoms with Crippen LogP contribution in [0.5, 0.6) is 0 Å². The fourth-order valence-corrected chi connectivity index (χ4v) is 4.39. The van der Waals surface area contributed by atoms with E-state index in [9.17, 15) is 0 Å². The first-order chi connectivity index (χ1) is 10.8. The zero-order valence-corrected chi connectivity index (χ0v) is 13.8. The van der Waals surface area contributed by atoms with Gasteiger partial charge in [-0.3, -0.25) is 4.98 Å². The van der Waals surface area contributed by atoms with Crippen molar-refractivity contribution in [2.75, 3.05) is 0 Å². The summed E-state index contributed by atoms with van der Waals surface area (Å²) in [5.74, 6) is 0. The number of pyridine rings is 1. The average molecular weight is 326 g/mol. The number of hydrogen-bond acceptors (Lipinski definition) is 2. The van der Waals surface area contributed by atoms with Gasteiger partial charge in [-0.05, 0) is 61.6 Å². The third-order valence-electron chi connectivity index (χ3n) is 4.13. The Hall–Kier alpha value is -1.51. The lowest BCUT2D eigenvalue weighted by molar-refractivity contribution is 0.662. The Balaban J connectivity index is 1.94. The fourth-order valence-electron chi connectivity index (χ4n) is 3.08. The van der Waals surface area contributed by atoms with Gasteiger partial charge in [-0.1, -0.05) is 41.6 Å². The third-order valence-corrected chi connectivity index (χ3v) is 5.55. The quantitative estimate of drug-likeness (QED) is 0.580. The van der Waals surface area contributed by atoms with Crippen molar-refractivity contribution in [2.45, 2.75) is 35.5 Å². The Morgan fingerprint density at radius 2 is 1.77 bits per heavy atom. The standard InChI is InChI=1S/C19H16ClNS/c20-13-10-11-18-16(12-13)19(22-14-6-2-1-3-7-14)15-8-4-5-9-17(15)21-18/h1-3,6-7,10-12H,4-5,8-9H2. The molecule has 2 aromatic carbocycles. The minimum atomic E-state index is 0.778. The Bertz CT molecular complexity index is 830. The summed E-state index contributed by atoms with van der Waals surface area (Å²) in [6, 6.07) is 16.6. The molecule has 0 atom stereocenters. The van der Waals surface area contributed by atoms with Crippen LogP contribution in [0, 0.1) is 0 Å². The van der Waals surface area contributed by atoms with Crippen LogP contribution in [-0.4, -0.2) is 4.98 Å². The molecule has 0 spiro atoms. The van der Waals surface area contributed by atoms with E-state index in [2.05, 4.69) is 36.4 Å². The molecule has 0 amide bonds. The summed E-state index contributed by atoms with van der Waals surface area (Å²) in [5, 5.41) is 1.96. The van der Waals surface area contributed by atoms with Gasteiger partial charge in [0.05, 0.1) is 5.52 Å². The summed E-state index contributed by atoms with van der Waals surface area (Å²) in [6.45, 7) is 0. The monoisotopic (exact) mass is 325 g/mol. The Morgan fingerprint density at radius 1 is 0.955 bits per heavy atom. The van der Waals surface area contributed by atoms with E-state index in [1.165, 1.54) is 39.3 Å². The first-order valence-corrected chi connectivity index (χ1v) is 8.84. The zero-order chi connectivity index (χ0) is 14.9. The summed E-state index contributed by atoms with van der Waals surface area (Å²) in [6.07, 6.45) is 4.72. The lowest BCUT2D eigenvalue weighted by Gasteiger charge is -2.20. The number of hydrogen-bond donors (Lipinski definition) is 0. The number of nitrogens with zero attached hydrogens (tertiary/aromatic N) is 1. The molecular weight excluding hydrogens is 310 g/mol. The molecule has 0 unspecified atom stereocenters. The van der Waals surface area contributed by atoms with Crippen molar-refractivity contribution in [2.24, 2.45) is 0 Å². The molecule has 1 heterocycles. The van der Waals surface area contributed by atoms with Crippen LogP contribution in [0.3, 0.4) is 0 Å². The van der Waals surface area contributed by atoms with Gasteiger partial charge in [-0.2, -0.15) is 0 Å². The minimum Gasteiger partial charge on any atom is -0.252 e. The van der Waals surface area contributed by atoms with Crippen LogP contribution >= 0.6 is 23.4 Å². The molecule has 0 saturated carbocycles. The van der Waals surface area contributed by atoms with Gasteiger partial charge in [-0.25, -0.2) is 0 Å². The van der Waals surface area contributed by atoms with Crippen molar-refractivity contribution in [1.29, 1.82) is 0 Å². The predicted octanol–water partition coefficient (Wildman–Crippen LogP) is 5.92. The molecule has 0 saturated heterocycles. The van der Waals surface area contributed by atoms with E-state index in [0.717, 1.165) is 23.4 Å². The van der Waals surface area contributed by atoms with Crippen molar-refractivity contribution in [3.8, 4) is 0 Å². The fraction of sp³-hybridized carbons (Fsp3) is 0.211. The molecule has 110 valence electrons. The Kier molecular flexibility index (Phi) is 3.81. The highest BCUT2D eigenvalue weighted by Crippen LogP contribution is 2.40. The average Bonchev–Trinajstić information content (AvgIpc) is 2.56. The number of rotatable bonds is 2. The predicted molar refractivity (Wildman–Crippen MR) is 94.0 cm³/mol. The summed E-state index contributed by atoms with van der Waals surface area (Å²) in [7, 11) is 0. The van der Waals surface area contributed by atoms with Crippen LogP contribution in [-0.2, 0) is 12.8 Å². The van der Waals surface area contributed by atoms with Gasteiger partial charge >= 0.3 is 0 Å². The molecule has 0 bridgehead atoms. The molecule has 1 aliphatic carbocycles.